The monoisotopic (exact) mass is 213 g/mol. The predicted molar refractivity (Wildman–Crippen MR) is 65.0 cm³/mol. The molecule has 2 nitrogen and oxygen atoms in total. The summed E-state index contributed by atoms with van der Waals surface area (Å²) in [5, 5.41) is 9.84. The molecule has 15 heavy (non-hydrogen) atoms. The molecular formula is C13H27NO. The van der Waals surface area contributed by atoms with Gasteiger partial charge in [0.05, 0.1) is 6.10 Å². The van der Waals surface area contributed by atoms with Crippen molar-refractivity contribution in [3.63, 3.8) is 0 Å². The Balaban J connectivity index is 2.32. The smallest absolute Gasteiger partial charge is 0.0667 e. The third-order valence-electron chi connectivity index (χ3n) is 3.56. The second-order valence-corrected chi connectivity index (χ2v) is 4.82. The zero-order valence-electron chi connectivity index (χ0n) is 10.4. The van der Waals surface area contributed by atoms with Gasteiger partial charge in [-0.25, -0.2) is 0 Å². The molecule has 1 unspecified atom stereocenters. The Morgan fingerprint density at radius 3 is 2.40 bits per heavy atom. The van der Waals surface area contributed by atoms with E-state index >= 15 is 0 Å². The lowest BCUT2D eigenvalue weighted by molar-refractivity contribution is 0.0716. The fourth-order valence-electron chi connectivity index (χ4n) is 2.68. The summed E-state index contributed by atoms with van der Waals surface area (Å²) in [7, 11) is 0. The van der Waals surface area contributed by atoms with Gasteiger partial charge in [-0.1, -0.05) is 39.5 Å². The van der Waals surface area contributed by atoms with Crippen LogP contribution < -0.4 is 0 Å². The van der Waals surface area contributed by atoms with Crippen LogP contribution in [-0.2, 0) is 0 Å². The highest BCUT2D eigenvalue weighted by molar-refractivity contribution is 4.76. The van der Waals surface area contributed by atoms with Crippen LogP contribution in [0.15, 0.2) is 0 Å². The van der Waals surface area contributed by atoms with E-state index in [4.69, 9.17) is 0 Å². The fraction of sp³-hybridized carbons (Fsp3) is 1.00. The molecule has 90 valence electrons. The molecular weight excluding hydrogens is 186 g/mol. The lowest BCUT2D eigenvalue weighted by Crippen LogP contribution is -2.41. The third-order valence-corrected chi connectivity index (χ3v) is 3.56. The van der Waals surface area contributed by atoms with Gasteiger partial charge in [-0.05, 0) is 25.8 Å². The van der Waals surface area contributed by atoms with Crippen LogP contribution in [0, 0.1) is 0 Å². The molecule has 1 aliphatic rings. The summed E-state index contributed by atoms with van der Waals surface area (Å²) in [6.45, 7) is 6.33. The molecule has 1 atom stereocenters. The van der Waals surface area contributed by atoms with Gasteiger partial charge in [-0.2, -0.15) is 0 Å². The van der Waals surface area contributed by atoms with Crippen molar-refractivity contribution in [1.29, 1.82) is 0 Å². The van der Waals surface area contributed by atoms with Gasteiger partial charge in [0.15, 0.2) is 0 Å². The summed E-state index contributed by atoms with van der Waals surface area (Å²) < 4.78 is 0. The molecule has 0 bridgehead atoms. The summed E-state index contributed by atoms with van der Waals surface area (Å²) in [6, 6.07) is 0.746. The minimum absolute atomic E-state index is 0.114. The number of aliphatic hydroxyl groups excluding tert-OH is 1. The van der Waals surface area contributed by atoms with Crippen molar-refractivity contribution >= 4 is 0 Å². The van der Waals surface area contributed by atoms with Gasteiger partial charge >= 0.3 is 0 Å². The molecule has 0 spiro atoms. The quantitative estimate of drug-likeness (QED) is 0.733. The van der Waals surface area contributed by atoms with Gasteiger partial charge in [0.1, 0.15) is 0 Å². The zero-order valence-corrected chi connectivity index (χ0v) is 10.4. The van der Waals surface area contributed by atoms with E-state index in [0.29, 0.717) is 0 Å². The van der Waals surface area contributed by atoms with Crippen molar-refractivity contribution in [3.8, 4) is 0 Å². The van der Waals surface area contributed by atoms with E-state index < -0.39 is 0 Å². The van der Waals surface area contributed by atoms with Gasteiger partial charge in [-0.15, -0.1) is 0 Å². The average Bonchev–Trinajstić information content (AvgIpc) is 2.27. The Labute approximate surface area is 94.7 Å². The fourth-order valence-corrected chi connectivity index (χ4v) is 2.68. The van der Waals surface area contributed by atoms with Crippen LogP contribution >= 0.6 is 0 Å². The van der Waals surface area contributed by atoms with Crippen LogP contribution in [0.25, 0.3) is 0 Å². The number of likely N-dealkylation sites (N-methyl/N-ethyl adjacent to an activating group) is 1. The maximum Gasteiger partial charge on any atom is 0.0667 e. The molecule has 0 amide bonds. The SMILES string of the molecule is CCCC(O)CN(CC)C1CCCCC1. The van der Waals surface area contributed by atoms with Gasteiger partial charge < -0.3 is 5.11 Å². The van der Waals surface area contributed by atoms with Crippen LogP contribution in [0.2, 0.25) is 0 Å². The van der Waals surface area contributed by atoms with Crippen molar-refractivity contribution in [2.24, 2.45) is 0 Å². The molecule has 0 saturated heterocycles. The van der Waals surface area contributed by atoms with Crippen molar-refractivity contribution < 1.29 is 5.11 Å². The van der Waals surface area contributed by atoms with E-state index in [1.807, 2.05) is 0 Å². The van der Waals surface area contributed by atoms with Gasteiger partial charge in [0.25, 0.3) is 0 Å². The lowest BCUT2D eigenvalue weighted by atomic mass is 9.94. The van der Waals surface area contributed by atoms with Crippen LogP contribution in [0.4, 0.5) is 0 Å². The molecule has 1 rings (SSSR count). The summed E-state index contributed by atoms with van der Waals surface area (Å²) >= 11 is 0. The molecule has 1 aliphatic carbocycles. The topological polar surface area (TPSA) is 23.5 Å². The first-order valence-electron chi connectivity index (χ1n) is 6.70. The van der Waals surface area contributed by atoms with Crippen molar-refractivity contribution in [1.82, 2.24) is 4.90 Å². The standard InChI is InChI=1S/C13H27NO/c1-3-8-13(15)11-14(4-2)12-9-6-5-7-10-12/h12-13,15H,3-11H2,1-2H3. The van der Waals surface area contributed by atoms with E-state index in [2.05, 4.69) is 18.7 Å². The lowest BCUT2D eigenvalue weighted by Gasteiger charge is -2.34. The molecule has 1 N–H and O–H groups in total. The number of aliphatic hydroxyl groups is 1. The summed E-state index contributed by atoms with van der Waals surface area (Å²) in [6.07, 6.45) is 8.77. The van der Waals surface area contributed by atoms with E-state index in [9.17, 15) is 5.11 Å². The second-order valence-electron chi connectivity index (χ2n) is 4.82. The minimum atomic E-state index is -0.114. The minimum Gasteiger partial charge on any atom is -0.392 e. The summed E-state index contributed by atoms with van der Waals surface area (Å²) in [5.41, 5.74) is 0. The van der Waals surface area contributed by atoms with Gasteiger partial charge in [-0.3, -0.25) is 4.90 Å². The summed E-state index contributed by atoms with van der Waals surface area (Å²) in [4.78, 5) is 2.49. The molecule has 1 saturated carbocycles. The Morgan fingerprint density at radius 2 is 1.87 bits per heavy atom. The number of rotatable bonds is 6. The number of hydrogen-bond donors (Lipinski definition) is 1. The van der Waals surface area contributed by atoms with Gasteiger partial charge in [0, 0.05) is 12.6 Å². The maximum atomic E-state index is 9.84. The Morgan fingerprint density at radius 1 is 1.20 bits per heavy atom. The zero-order chi connectivity index (χ0) is 11.1. The first kappa shape index (κ1) is 13.0. The van der Waals surface area contributed by atoms with Crippen molar-refractivity contribution in [2.45, 2.75) is 70.9 Å². The van der Waals surface area contributed by atoms with Crippen LogP contribution in [-0.4, -0.2) is 35.2 Å². The highest BCUT2D eigenvalue weighted by Gasteiger charge is 2.21. The molecule has 2 heteroatoms. The van der Waals surface area contributed by atoms with E-state index in [-0.39, 0.29) is 6.10 Å². The Bertz CT molecular complexity index is 155. The largest absolute Gasteiger partial charge is 0.392 e. The van der Waals surface area contributed by atoms with Crippen molar-refractivity contribution in [2.75, 3.05) is 13.1 Å². The predicted octanol–water partition coefficient (Wildman–Crippen LogP) is 2.80. The highest BCUT2D eigenvalue weighted by atomic mass is 16.3. The molecule has 0 aromatic carbocycles. The van der Waals surface area contributed by atoms with Crippen LogP contribution in [0.1, 0.15) is 58.8 Å². The molecule has 0 aromatic rings. The first-order valence-corrected chi connectivity index (χ1v) is 6.70. The van der Waals surface area contributed by atoms with Crippen LogP contribution in [0.3, 0.4) is 0 Å². The molecule has 1 fully saturated rings. The number of hydrogen-bond acceptors (Lipinski definition) is 2. The molecule has 0 aromatic heterocycles. The highest BCUT2D eigenvalue weighted by Crippen LogP contribution is 2.22. The maximum absolute atomic E-state index is 9.84. The van der Waals surface area contributed by atoms with E-state index in [1.54, 1.807) is 0 Å². The molecule has 0 radical (unpaired) electrons. The normalized spacial score (nSPS) is 20.8. The molecule has 0 aliphatic heterocycles. The second kappa shape index (κ2) is 7.24. The van der Waals surface area contributed by atoms with Gasteiger partial charge in [0.2, 0.25) is 0 Å². The summed E-state index contributed by atoms with van der Waals surface area (Å²) in [5.74, 6) is 0. The number of nitrogens with zero attached hydrogens (tertiary/aromatic N) is 1. The van der Waals surface area contributed by atoms with Crippen molar-refractivity contribution in [3.05, 3.63) is 0 Å². The Hall–Kier alpha value is -0.0800. The van der Waals surface area contributed by atoms with Crippen LogP contribution in [0.5, 0.6) is 0 Å². The molecule has 0 heterocycles. The van der Waals surface area contributed by atoms with E-state index in [0.717, 1.165) is 32.0 Å². The third kappa shape index (κ3) is 4.52. The van der Waals surface area contributed by atoms with E-state index in [1.165, 1.54) is 32.1 Å². The average molecular weight is 213 g/mol. The first-order chi connectivity index (χ1) is 7.27. The Kier molecular flexibility index (Phi) is 6.26.